The summed E-state index contributed by atoms with van der Waals surface area (Å²) in [6, 6.07) is -0.172. The van der Waals surface area contributed by atoms with Crippen LogP contribution >= 0.6 is 0 Å². The molecule has 0 radical (unpaired) electrons. The third kappa shape index (κ3) is 1.94. The van der Waals surface area contributed by atoms with Crippen LogP contribution in [0.4, 0.5) is 0 Å². The van der Waals surface area contributed by atoms with Gasteiger partial charge < -0.3 is 24.3 Å². The molecule has 1 aliphatic rings. The molecule has 0 unspecified atom stereocenters. The van der Waals surface area contributed by atoms with Gasteiger partial charge in [-0.25, -0.2) is 4.79 Å². The van der Waals surface area contributed by atoms with Gasteiger partial charge in [0.2, 0.25) is 0 Å². The number of carboxylic acids is 1. The van der Waals surface area contributed by atoms with Gasteiger partial charge in [-0.3, -0.25) is 9.59 Å². The standard InChI is InChI=1S/C15H17N3O5/c1-4-17-6-7(2)18-10-8(15(21)22)5-16-13(19)9(10)12(23-3)11(18)14(17)20/h5,7H,4,6H2,1-3H3,(H,16,19)(H,21,22)/t7-/m0/s1. The molecule has 3 rings (SSSR count). The van der Waals surface area contributed by atoms with Crippen LogP contribution in [-0.2, 0) is 0 Å². The van der Waals surface area contributed by atoms with Crippen LogP contribution in [0.1, 0.15) is 40.7 Å². The van der Waals surface area contributed by atoms with Gasteiger partial charge in [-0.05, 0) is 13.8 Å². The van der Waals surface area contributed by atoms with E-state index >= 15 is 0 Å². The molecule has 1 amide bonds. The van der Waals surface area contributed by atoms with Gasteiger partial charge in [0.25, 0.3) is 11.5 Å². The molecule has 2 N–H and O–H groups in total. The molecule has 2 aromatic heterocycles. The van der Waals surface area contributed by atoms with Crippen molar-refractivity contribution in [3.63, 3.8) is 0 Å². The Balaban J connectivity index is 2.52. The van der Waals surface area contributed by atoms with Crippen LogP contribution < -0.4 is 10.3 Å². The minimum atomic E-state index is -1.17. The van der Waals surface area contributed by atoms with Crippen molar-refractivity contribution in [2.45, 2.75) is 19.9 Å². The Hall–Kier alpha value is -2.77. The number of pyridine rings is 1. The number of nitrogens with one attached hydrogen (secondary N) is 1. The number of carboxylic acid groups (broad SMARTS) is 1. The van der Waals surface area contributed by atoms with Gasteiger partial charge in [-0.1, -0.05) is 0 Å². The number of aromatic nitrogens is 2. The second-order valence-electron chi connectivity index (χ2n) is 5.50. The first kappa shape index (κ1) is 15.1. The Kier molecular flexibility index (Phi) is 3.39. The van der Waals surface area contributed by atoms with Crippen LogP contribution in [0.25, 0.3) is 10.9 Å². The lowest BCUT2D eigenvalue weighted by Crippen LogP contribution is -2.42. The first-order valence-corrected chi connectivity index (χ1v) is 7.28. The molecule has 0 aliphatic carbocycles. The number of H-pyrrole nitrogens is 1. The lowest BCUT2D eigenvalue weighted by molar-refractivity contribution is 0.0673. The predicted molar refractivity (Wildman–Crippen MR) is 82.4 cm³/mol. The maximum atomic E-state index is 12.7. The summed E-state index contributed by atoms with van der Waals surface area (Å²) in [5, 5.41) is 9.53. The number of rotatable bonds is 3. The highest BCUT2D eigenvalue weighted by molar-refractivity contribution is 6.10. The van der Waals surface area contributed by atoms with Crippen molar-refractivity contribution in [3.8, 4) is 5.75 Å². The van der Waals surface area contributed by atoms with Crippen LogP contribution in [0.5, 0.6) is 5.75 Å². The number of hydrogen-bond acceptors (Lipinski definition) is 4. The second kappa shape index (κ2) is 5.15. The first-order chi connectivity index (χ1) is 10.9. The molecule has 0 saturated carbocycles. The zero-order valence-corrected chi connectivity index (χ0v) is 13.0. The maximum Gasteiger partial charge on any atom is 0.339 e. The molecule has 0 saturated heterocycles. The molecule has 122 valence electrons. The molecule has 8 heteroatoms. The number of nitrogens with zero attached hydrogens (tertiary/aromatic N) is 2. The molecule has 0 spiro atoms. The molecule has 1 aliphatic heterocycles. The third-order valence-corrected chi connectivity index (χ3v) is 4.22. The number of carbonyl (C=O) groups excluding carboxylic acids is 1. The van der Waals surface area contributed by atoms with Crippen molar-refractivity contribution in [1.29, 1.82) is 0 Å². The van der Waals surface area contributed by atoms with Crippen LogP contribution in [-0.4, -0.2) is 51.6 Å². The van der Waals surface area contributed by atoms with E-state index in [9.17, 15) is 19.5 Å². The number of fused-ring (bicyclic) bond motifs is 3. The first-order valence-electron chi connectivity index (χ1n) is 7.28. The predicted octanol–water partition coefficient (Wildman–Crippen LogP) is 1.07. The van der Waals surface area contributed by atoms with E-state index < -0.39 is 11.5 Å². The average Bonchev–Trinajstić information content (AvgIpc) is 2.87. The second-order valence-corrected chi connectivity index (χ2v) is 5.50. The normalized spacial score (nSPS) is 17.4. The number of aromatic amines is 1. The van der Waals surface area contributed by atoms with Gasteiger partial charge in [0.05, 0.1) is 12.6 Å². The van der Waals surface area contributed by atoms with Crippen LogP contribution in [0, 0.1) is 0 Å². The molecule has 2 aromatic rings. The Morgan fingerprint density at radius 1 is 1.48 bits per heavy atom. The topological polar surface area (TPSA) is 105 Å². The monoisotopic (exact) mass is 319 g/mol. The van der Waals surface area contributed by atoms with Gasteiger partial charge in [0, 0.05) is 25.3 Å². The molecular formula is C15H17N3O5. The lowest BCUT2D eigenvalue weighted by Gasteiger charge is -2.32. The minimum absolute atomic E-state index is 0.0613. The zero-order chi connectivity index (χ0) is 16.9. The molecule has 3 heterocycles. The van der Waals surface area contributed by atoms with E-state index in [2.05, 4.69) is 4.98 Å². The van der Waals surface area contributed by atoms with Gasteiger partial charge >= 0.3 is 5.97 Å². The van der Waals surface area contributed by atoms with Crippen LogP contribution in [0.15, 0.2) is 11.0 Å². The minimum Gasteiger partial charge on any atom is -0.493 e. The number of methoxy groups -OCH3 is 1. The summed E-state index contributed by atoms with van der Waals surface area (Å²) in [6.45, 7) is 4.71. The van der Waals surface area contributed by atoms with Crippen molar-refractivity contribution < 1.29 is 19.4 Å². The van der Waals surface area contributed by atoms with Crippen molar-refractivity contribution in [2.75, 3.05) is 20.2 Å². The summed E-state index contributed by atoms with van der Waals surface area (Å²) in [5.74, 6) is -1.32. The molecule has 23 heavy (non-hydrogen) atoms. The Morgan fingerprint density at radius 2 is 2.17 bits per heavy atom. The smallest absolute Gasteiger partial charge is 0.339 e. The van der Waals surface area contributed by atoms with Crippen molar-refractivity contribution in [1.82, 2.24) is 14.5 Å². The van der Waals surface area contributed by atoms with Crippen LogP contribution in [0.2, 0.25) is 0 Å². The number of hydrogen-bond donors (Lipinski definition) is 2. The van der Waals surface area contributed by atoms with Gasteiger partial charge in [-0.15, -0.1) is 0 Å². The molecule has 0 aromatic carbocycles. The lowest BCUT2D eigenvalue weighted by atomic mass is 10.2. The molecule has 8 nitrogen and oxygen atoms in total. The van der Waals surface area contributed by atoms with E-state index in [1.807, 2.05) is 13.8 Å². The Morgan fingerprint density at radius 3 is 2.74 bits per heavy atom. The number of amides is 1. The van der Waals surface area contributed by atoms with Crippen molar-refractivity contribution in [2.24, 2.45) is 0 Å². The number of carbonyl (C=O) groups is 2. The third-order valence-electron chi connectivity index (χ3n) is 4.22. The highest BCUT2D eigenvalue weighted by Gasteiger charge is 2.36. The van der Waals surface area contributed by atoms with Crippen molar-refractivity contribution >= 4 is 22.8 Å². The van der Waals surface area contributed by atoms with E-state index in [0.717, 1.165) is 6.20 Å². The van der Waals surface area contributed by atoms with Crippen molar-refractivity contribution in [3.05, 3.63) is 27.8 Å². The van der Waals surface area contributed by atoms with E-state index in [4.69, 9.17) is 4.74 Å². The summed E-state index contributed by atoms with van der Waals surface area (Å²) in [4.78, 5) is 40.6. The maximum absolute atomic E-state index is 12.7. The summed E-state index contributed by atoms with van der Waals surface area (Å²) in [5.41, 5.74) is -0.0902. The zero-order valence-electron chi connectivity index (χ0n) is 13.0. The Labute approximate surface area is 131 Å². The highest BCUT2D eigenvalue weighted by Crippen LogP contribution is 2.38. The van der Waals surface area contributed by atoms with E-state index in [-0.39, 0.29) is 39.9 Å². The SMILES string of the molecule is CCN1C[C@H](C)n2c(c(OC)c3c(=O)[nH]cc(C(=O)O)c32)C1=O. The fourth-order valence-corrected chi connectivity index (χ4v) is 3.23. The highest BCUT2D eigenvalue weighted by atomic mass is 16.5. The summed E-state index contributed by atoms with van der Waals surface area (Å²) in [6.07, 6.45) is 1.16. The van der Waals surface area contributed by atoms with Gasteiger partial charge in [0.15, 0.2) is 11.4 Å². The number of aromatic carboxylic acids is 1. The summed E-state index contributed by atoms with van der Waals surface area (Å²) >= 11 is 0. The number of likely N-dealkylation sites (N-methyl/N-ethyl adjacent to an activating group) is 1. The summed E-state index contributed by atoms with van der Waals surface area (Å²) in [7, 11) is 1.37. The summed E-state index contributed by atoms with van der Waals surface area (Å²) < 4.78 is 6.92. The molecular weight excluding hydrogens is 302 g/mol. The van der Waals surface area contributed by atoms with E-state index in [0.29, 0.717) is 13.1 Å². The largest absolute Gasteiger partial charge is 0.493 e. The van der Waals surface area contributed by atoms with E-state index in [1.165, 1.54) is 7.11 Å². The Bertz CT molecular complexity index is 879. The fraction of sp³-hybridized carbons (Fsp3) is 0.400. The molecule has 0 bridgehead atoms. The molecule has 0 fully saturated rings. The quantitative estimate of drug-likeness (QED) is 0.880. The van der Waals surface area contributed by atoms with E-state index in [1.54, 1.807) is 9.47 Å². The average molecular weight is 319 g/mol. The van der Waals surface area contributed by atoms with Gasteiger partial charge in [0.1, 0.15) is 10.9 Å². The van der Waals surface area contributed by atoms with Gasteiger partial charge in [-0.2, -0.15) is 0 Å². The fourth-order valence-electron chi connectivity index (χ4n) is 3.23. The van der Waals surface area contributed by atoms with Crippen LogP contribution in [0.3, 0.4) is 0 Å². The molecule has 1 atom stereocenters. The number of ether oxygens (including phenoxy) is 1.